The highest BCUT2D eigenvalue weighted by Gasteiger charge is 2.15. The number of methoxy groups -OCH3 is 3. The second-order valence-electron chi connectivity index (χ2n) is 5.22. The standard InChI is InChI=1S/C19H22O5S/c1-21-16-9-14(10-17(22-2)19(16)23-3)11-18(20)24-12-13-5-7-15(25-4)8-6-13/h5-10H,11-12H2,1-4H3. The highest BCUT2D eigenvalue weighted by molar-refractivity contribution is 7.98. The molecule has 134 valence electrons. The summed E-state index contributed by atoms with van der Waals surface area (Å²) < 4.78 is 21.2. The Balaban J connectivity index is 2.01. The van der Waals surface area contributed by atoms with Crippen LogP contribution in [0.15, 0.2) is 41.3 Å². The first kappa shape index (κ1) is 19.0. The zero-order valence-corrected chi connectivity index (χ0v) is 15.6. The van der Waals surface area contributed by atoms with Crippen molar-refractivity contribution in [1.29, 1.82) is 0 Å². The number of ether oxygens (including phenoxy) is 4. The van der Waals surface area contributed by atoms with E-state index in [1.54, 1.807) is 23.9 Å². The van der Waals surface area contributed by atoms with Gasteiger partial charge in [-0.3, -0.25) is 4.79 Å². The molecule has 0 fully saturated rings. The SMILES string of the molecule is COc1cc(CC(=O)OCc2ccc(SC)cc2)cc(OC)c1OC. The predicted octanol–water partition coefficient (Wildman–Crippen LogP) is 3.72. The maximum absolute atomic E-state index is 12.1. The summed E-state index contributed by atoms with van der Waals surface area (Å²) in [5, 5.41) is 0. The van der Waals surface area contributed by atoms with Crippen molar-refractivity contribution in [3.05, 3.63) is 47.5 Å². The molecule has 0 unspecified atom stereocenters. The molecule has 0 aliphatic rings. The molecule has 2 aromatic carbocycles. The molecule has 5 nitrogen and oxygen atoms in total. The lowest BCUT2D eigenvalue weighted by atomic mass is 10.1. The van der Waals surface area contributed by atoms with Gasteiger partial charge < -0.3 is 18.9 Å². The minimum absolute atomic E-state index is 0.125. The molecule has 0 radical (unpaired) electrons. The summed E-state index contributed by atoms with van der Waals surface area (Å²) in [5.74, 6) is 1.20. The third kappa shape index (κ3) is 5.06. The van der Waals surface area contributed by atoms with E-state index in [1.807, 2.05) is 30.5 Å². The van der Waals surface area contributed by atoms with E-state index in [1.165, 1.54) is 26.2 Å². The van der Waals surface area contributed by atoms with Crippen molar-refractivity contribution in [2.24, 2.45) is 0 Å². The van der Waals surface area contributed by atoms with Gasteiger partial charge in [0.2, 0.25) is 5.75 Å². The normalized spacial score (nSPS) is 10.2. The number of benzene rings is 2. The molecule has 0 amide bonds. The first-order chi connectivity index (χ1) is 12.1. The van der Waals surface area contributed by atoms with Crippen LogP contribution in [-0.4, -0.2) is 33.6 Å². The van der Waals surface area contributed by atoms with E-state index in [0.29, 0.717) is 17.2 Å². The summed E-state index contributed by atoms with van der Waals surface area (Å²) in [5.41, 5.74) is 1.69. The van der Waals surface area contributed by atoms with Crippen LogP contribution in [0, 0.1) is 0 Å². The highest BCUT2D eigenvalue weighted by atomic mass is 32.2. The second kappa shape index (κ2) is 9.22. The first-order valence-corrected chi connectivity index (χ1v) is 8.91. The number of esters is 1. The number of carbonyl (C=O) groups is 1. The quantitative estimate of drug-likeness (QED) is 0.527. The van der Waals surface area contributed by atoms with Gasteiger partial charge in [0.05, 0.1) is 27.8 Å². The molecular weight excluding hydrogens is 340 g/mol. The molecule has 0 aliphatic heterocycles. The zero-order valence-electron chi connectivity index (χ0n) is 14.8. The lowest BCUT2D eigenvalue weighted by Gasteiger charge is -2.14. The van der Waals surface area contributed by atoms with Gasteiger partial charge >= 0.3 is 5.97 Å². The van der Waals surface area contributed by atoms with Gasteiger partial charge in [-0.25, -0.2) is 0 Å². The van der Waals surface area contributed by atoms with Crippen molar-refractivity contribution in [1.82, 2.24) is 0 Å². The fourth-order valence-corrected chi connectivity index (χ4v) is 2.75. The third-order valence-electron chi connectivity index (χ3n) is 3.63. The minimum Gasteiger partial charge on any atom is -0.493 e. The molecule has 6 heteroatoms. The lowest BCUT2D eigenvalue weighted by molar-refractivity contribution is -0.144. The Morgan fingerprint density at radius 2 is 1.52 bits per heavy atom. The molecule has 2 aromatic rings. The van der Waals surface area contributed by atoms with E-state index in [9.17, 15) is 4.79 Å². The van der Waals surface area contributed by atoms with Gasteiger partial charge in [-0.1, -0.05) is 12.1 Å². The lowest BCUT2D eigenvalue weighted by Crippen LogP contribution is -2.08. The summed E-state index contributed by atoms with van der Waals surface area (Å²) in [6, 6.07) is 11.4. The monoisotopic (exact) mass is 362 g/mol. The summed E-state index contributed by atoms with van der Waals surface area (Å²) in [4.78, 5) is 13.3. The molecular formula is C19H22O5S. The smallest absolute Gasteiger partial charge is 0.310 e. The zero-order chi connectivity index (χ0) is 18.2. The Morgan fingerprint density at radius 3 is 2.00 bits per heavy atom. The van der Waals surface area contributed by atoms with Gasteiger partial charge in [-0.2, -0.15) is 0 Å². The summed E-state index contributed by atoms with van der Waals surface area (Å²) in [7, 11) is 4.62. The summed E-state index contributed by atoms with van der Waals surface area (Å²) in [6.07, 6.45) is 2.14. The number of carbonyl (C=O) groups excluding carboxylic acids is 1. The van der Waals surface area contributed by atoms with Crippen molar-refractivity contribution in [2.45, 2.75) is 17.9 Å². The molecule has 2 rings (SSSR count). The van der Waals surface area contributed by atoms with Crippen LogP contribution in [0.25, 0.3) is 0 Å². The predicted molar refractivity (Wildman–Crippen MR) is 97.8 cm³/mol. The molecule has 0 N–H and O–H groups in total. The molecule has 0 saturated heterocycles. The van der Waals surface area contributed by atoms with Crippen LogP contribution in [0.1, 0.15) is 11.1 Å². The molecule has 0 spiro atoms. The van der Waals surface area contributed by atoms with E-state index >= 15 is 0 Å². The van der Waals surface area contributed by atoms with Crippen molar-refractivity contribution in [3.63, 3.8) is 0 Å². The van der Waals surface area contributed by atoms with Crippen LogP contribution < -0.4 is 14.2 Å². The molecule has 0 aliphatic carbocycles. The Hall–Kier alpha value is -2.34. The van der Waals surface area contributed by atoms with E-state index < -0.39 is 0 Å². The van der Waals surface area contributed by atoms with Crippen LogP contribution in [0.3, 0.4) is 0 Å². The van der Waals surface area contributed by atoms with E-state index in [-0.39, 0.29) is 19.0 Å². The second-order valence-corrected chi connectivity index (χ2v) is 6.10. The third-order valence-corrected chi connectivity index (χ3v) is 4.38. The van der Waals surface area contributed by atoms with Gasteiger partial charge in [0.15, 0.2) is 11.5 Å². The molecule has 0 atom stereocenters. The number of hydrogen-bond donors (Lipinski definition) is 0. The van der Waals surface area contributed by atoms with E-state index in [4.69, 9.17) is 18.9 Å². The minimum atomic E-state index is -0.316. The van der Waals surface area contributed by atoms with Crippen LogP contribution >= 0.6 is 11.8 Å². The summed E-state index contributed by atoms with van der Waals surface area (Å²) >= 11 is 1.67. The fraction of sp³-hybridized carbons (Fsp3) is 0.316. The molecule has 25 heavy (non-hydrogen) atoms. The average Bonchev–Trinajstić information content (AvgIpc) is 2.65. The fourth-order valence-electron chi connectivity index (χ4n) is 2.34. The maximum Gasteiger partial charge on any atom is 0.310 e. The number of rotatable bonds is 8. The van der Waals surface area contributed by atoms with Gasteiger partial charge in [-0.05, 0) is 41.6 Å². The van der Waals surface area contributed by atoms with E-state index in [0.717, 1.165) is 11.1 Å². The Bertz CT molecular complexity index is 687. The number of hydrogen-bond acceptors (Lipinski definition) is 6. The van der Waals surface area contributed by atoms with Crippen LogP contribution in [0.5, 0.6) is 17.2 Å². The van der Waals surface area contributed by atoms with E-state index in [2.05, 4.69) is 0 Å². The topological polar surface area (TPSA) is 54.0 Å². The van der Waals surface area contributed by atoms with Gasteiger partial charge in [0, 0.05) is 4.90 Å². The molecule has 0 saturated carbocycles. The maximum atomic E-state index is 12.1. The van der Waals surface area contributed by atoms with Crippen LogP contribution in [0.2, 0.25) is 0 Å². The van der Waals surface area contributed by atoms with Crippen LogP contribution in [0.4, 0.5) is 0 Å². The number of thioether (sulfide) groups is 1. The average molecular weight is 362 g/mol. The van der Waals surface area contributed by atoms with Crippen molar-refractivity contribution in [3.8, 4) is 17.2 Å². The van der Waals surface area contributed by atoms with Gasteiger partial charge in [-0.15, -0.1) is 11.8 Å². The van der Waals surface area contributed by atoms with Crippen molar-refractivity contribution in [2.75, 3.05) is 27.6 Å². The molecule has 0 heterocycles. The Labute approximate surface area is 152 Å². The molecule has 0 aromatic heterocycles. The first-order valence-electron chi connectivity index (χ1n) is 7.68. The van der Waals surface area contributed by atoms with Crippen LogP contribution in [-0.2, 0) is 22.6 Å². The van der Waals surface area contributed by atoms with Crippen molar-refractivity contribution < 1.29 is 23.7 Å². The Kier molecular flexibility index (Phi) is 7.01. The van der Waals surface area contributed by atoms with Crippen molar-refractivity contribution >= 4 is 17.7 Å². The highest BCUT2D eigenvalue weighted by Crippen LogP contribution is 2.38. The Morgan fingerprint density at radius 1 is 0.920 bits per heavy atom. The molecule has 0 bridgehead atoms. The largest absolute Gasteiger partial charge is 0.493 e. The van der Waals surface area contributed by atoms with Gasteiger partial charge in [0.1, 0.15) is 6.61 Å². The van der Waals surface area contributed by atoms with Gasteiger partial charge in [0.25, 0.3) is 0 Å². The summed E-state index contributed by atoms with van der Waals surface area (Å²) in [6.45, 7) is 0.248.